The van der Waals surface area contributed by atoms with Crippen molar-refractivity contribution in [3.05, 3.63) is 35.5 Å². The van der Waals surface area contributed by atoms with Gasteiger partial charge < -0.3 is 20.5 Å². The van der Waals surface area contributed by atoms with Crippen LogP contribution in [0, 0.1) is 0 Å². The van der Waals surface area contributed by atoms with Gasteiger partial charge in [-0.1, -0.05) is 23.9 Å². The van der Waals surface area contributed by atoms with Gasteiger partial charge >= 0.3 is 6.09 Å². The van der Waals surface area contributed by atoms with Crippen molar-refractivity contribution >= 4 is 29.4 Å². The van der Waals surface area contributed by atoms with Gasteiger partial charge in [-0.15, -0.1) is 0 Å². The number of hydrogen-bond acceptors (Lipinski definition) is 7. The van der Waals surface area contributed by atoms with Crippen molar-refractivity contribution in [3.63, 3.8) is 0 Å². The van der Waals surface area contributed by atoms with Crippen LogP contribution in [-0.4, -0.2) is 48.1 Å². The van der Waals surface area contributed by atoms with E-state index in [1.54, 1.807) is 13.2 Å². The van der Waals surface area contributed by atoms with Gasteiger partial charge in [0.25, 0.3) is 0 Å². The summed E-state index contributed by atoms with van der Waals surface area (Å²) in [6.45, 7) is 0.973. The van der Waals surface area contributed by atoms with E-state index >= 15 is 0 Å². The number of nitrogens with one attached hydrogen (secondary N) is 2. The number of rotatable bonds is 6. The van der Waals surface area contributed by atoms with Crippen LogP contribution in [0.15, 0.2) is 29.6 Å². The first-order valence-electron chi connectivity index (χ1n) is 8.57. The topological polar surface area (TPSA) is 99.6 Å². The van der Waals surface area contributed by atoms with Crippen molar-refractivity contribution in [2.75, 3.05) is 37.2 Å². The average Bonchev–Trinajstić information content (AvgIpc) is 2.71. The molecule has 0 saturated carbocycles. The third-order valence-electron chi connectivity index (χ3n) is 4.57. The van der Waals surface area contributed by atoms with E-state index in [1.165, 1.54) is 16.7 Å². The summed E-state index contributed by atoms with van der Waals surface area (Å²) in [6.07, 6.45) is 3.45. The molecule has 0 saturated heterocycles. The predicted molar refractivity (Wildman–Crippen MR) is 106 cm³/mol. The van der Waals surface area contributed by atoms with Crippen LogP contribution in [0.3, 0.4) is 0 Å². The Morgan fingerprint density at radius 1 is 1.48 bits per heavy atom. The molecule has 0 fully saturated rings. The van der Waals surface area contributed by atoms with E-state index in [2.05, 4.69) is 20.6 Å². The van der Waals surface area contributed by atoms with Gasteiger partial charge in [0.1, 0.15) is 11.6 Å². The summed E-state index contributed by atoms with van der Waals surface area (Å²) in [5, 5.41) is 16.9. The largest absolute Gasteiger partial charge is 0.495 e. The lowest BCUT2D eigenvalue weighted by Gasteiger charge is -2.34. The first-order chi connectivity index (χ1) is 13.1. The van der Waals surface area contributed by atoms with Crippen molar-refractivity contribution in [1.29, 1.82) is 0 Å². The number of benzene rings is 1. The molecule has 9 heteroatoms. The van der Waals surface area contributed by atoms with Crippen LogP contribution in [0.1, 0.15) is 23.6 Å². The average molecular weight is 389 g/mol. The summed E-state index contributed by atoms with van der Waals surface area (Å²) >= 11 is 1.49. The van der Waals surface area contributed by atoms with Crippen LogP contribution >= 0.6 is 11.8 Å². The summed E-state index contributed by atoms with van der Waals surface area (Å²) in [5.74, 6) is 1.35. The van der Waals surface area contributed by atoms with Crippen molar-refractivity contribution in [1.82, 2.24) is 15.3 Å². The molecule has 3 rings (SSSR count). The molecule has 1 aliphatic rings. The number of carboxylic acid groups (broad SMARTS) is 1. The summed E-state index contributed by atoms with van der Waals surface area (Å²) in [4.78, 5) is 21.8. The van der Waals surface area contributed by atoms with Crippen molar-refractivity contribution in [2.45, 2.75) is 24.2 Å². The highest BCUT2D eigenvalue weighted by atomic mass is 32.2. The fourth-order valence-electron chi connectivity index (χ4n) is 3.27. The Morgan fingerprint density at radius 3 is 2.96 bits per heavy atom. The number of anilines is 2. The van der Waals surface area contributed by atoms with E-state index in [-0.39, 0.29) is 6.04 Å². The fraction of sp³-hybridized carbons (Fsp3) is 0.389. The first-order valence-corrected chi connectivity index (χ1v) is 9.80. The summed E-state index contributed by atoms with van der Waals surface area (Å²) in [7, 11) is 3.39. The van der Waals surface area contributed by atoms with Gasteiger partial charge in [0.2, 0.25) is 0 Å². The van der Waals surface area contributed by atoms with Gasteiger partial charge in [-0.25, -0.2) is 14.8 Å². The number of ether oxygens (including phenoxy) is 1. The minimum atomic E-state index is -0.974. The molecular weight excluding hydrogens is 366 g/mol. The Kier molecular flexibility index (Phi) is 6.02. The molecule has 0 bridgehead atoms. The highest BCUT2D eigenvalue weighted by Gasteiger charge is 2.31. The van der Waals surface area contributed by atoms with E-state index in [4.69, 9.17) is 4.74 Å². The van der Waals surface area contributed by atoms with Crippen LogP contribution in [0.25, 0.3) is 0 Å². The lowest BCUT2D eigenvalue weighted by atomic mass is 9.95. The van der Waals surface area contributed by atoms with E-state index in [0.717, 1.165) is 16.9 Å². The van der Waals surface area contributed by atoms with Crippen LogP contribution in [0.2, 0.25) is 0 Å². The minimum absolute atomic E-state index is 0.00985. The second-order valence-corrected chi connectivity index (χ2v) is 6.81. The normalized spacial score (nSPS) is 16.0. The number of carbonyl (C=O) groups is 1. The van der Waals surface area contributed by atoms with E-state index in [0.29, 0.717) is 36.1 Å². The van der Waals surface area contributed by atoms with Crippen molar-refractivity contribution in [3.8, 4) is 5.75 Å². The molecule has 1 amide bonds. The first kappa shape index (κ1) is 19.2. The Hall–Kier alpha value is -2.52. The standard InChI is InChI=1S/C18H23N5O3S/c1-19-16-11(10-21-17(22-16)27-3)9-20-13-7-8-23(18(24)25)15-12(13)5-4-6-14(15)26-2/h4-6,10,13,20H,7-9H2,1-3H3,(H,24,25)(H,19,21,22). The zero-order valence-electron chi connectivity index (χ0n) is 15.5. The number of methoxy groups -OCH3 is 1. The van der Waals surface area contributed by atoms with Gasteiger partial charge in [0.05, 0.1) is 12.8 Å². The van der Waals surface area contributed by atoms with Gasteiger partial charge in [0.15, 0.2) is 5.16 Å². The highest BCUT2D eigenvalue weighted by Crippen LogP contribution is 2.40. The quantitative estimate of drug-likeness (QED) is 0.512. The number of aromatic nitrogens is 2. The van der Waals surface area contributed by atoms with Crippen molar-refractivity contribution < 1.29 is 14.6 Å². The third kappa shape index (κ3) is 3.93. The maximum Gasteiger partial charge on any atom is 0.411 e. The maximum absolute atomic E-state index is 11.6. The number of amides is 1. The smallest absolute Gasteiger partial charge is 0.411 e. The Balaban J connectivity index is 1.85. The molecule has 2 aromatic rings. The number of para-hydroxylation sites is 1. The van der Waals surface area contributed by atoms with Crippen LogP contribution in [-0.2, 0) is 6.54 Å². The zero-order valence-corrected chi connectivity index (χ0v) is 16.3. The minimum Gasteiger partial charge on any atom is -0.495 e. The van der Waals surface area contributed by atoms with Gasteiger partial charge in [-0.2, -0.15) is 0 Å². The highest BCUT2D eigenvalue weighted by molar-refractivity contribution is 7.98. The zero-order chi connectivity index (χ0) is 19.4. The molecule has 2 heterocycles. The summed E-state index contributed by atoms with van der Waals surface area (Å²) in [6, 6.07) is 5.62. The maximum atomic E-state index is 11.6. The molecule has 0 radical (unpaired) electrons. The third-order valence-corrected chi connectivity index (χ3v) is 5.13. The number of hydrogen-bond donors (Lipinski definition) is 3. The van der Waals surface area contributed by atoms with Crippen LogP contribution in [0.4, 0.5) is 16.3 Å². The molecular formula is C18H23N5O3S. The Morgan fingerprint density at radius 2 is 2.30 bits per heavy atom. The second kappa shape index (κ2) is 8.45. The van der Waals surface area contributed by atoms with Gasteiger partial charge in [0, 0.05) is 37.9 Å². The molecule has 8 nitrogen and oxygen atoms in total. The lowest BCUT2D eigenvalue weighted by Crippen LogP contribution is -2.39. The SMILES string of the molecule is CNc1nc(SC)ncc1CNC1CCN(C(=O)O)c2c(OC)cccc21. The van der Waals surface area contributed by atoms with E-state index < -0.39 is 6.09 Å². The number of thioether (sulfide) groups is 1. The molecule has 1 atom stereocenters. The molecule has 1 unspecified atom stereocenters. The molecule has 0 spiro atoms. The predicted octanol–water partition coefficient (Wildman–Crippen LogP) is 2.97. The summed E-state index contributed by atoms with van der Waals surface area (Å²) < 4.78 is 5.40. The second-order valence-electron chi connectivity index (χ2n) is 6.04. The Bertz CT molecular complexity index is 833. The molecule has 144 valence electrons. The van der Waals surface area contributed by atoms with Crippen molar-refractivity contribution in [2.24, 2.45) is 0 Å². The summed E-state index contributed by atoms with van der Waals surface area (Å²) in [5.41, 5.74) is 2.48. The molecule has 0 aliphatic carbocycles. The molecule has 1 aliphatic heterocycles. The van der Waals surface area contributed by atoms with Gasteiger partial charge in [-0.3, -0.25) is 4.90 Å². The lowest BCUT2D eigenvalue weighted by molar-refractivity contribution is 0.200. The fourth-order valence-corrected chi connectivity index (χ4v) is 3.61. The van der Waals surface area contributed by atoms with Crippen LogP contribution in [0.5, 0.6) is 5.75 Å². The molecule has 3 N–H and O–H groups in total. The monoisotopic (exact) mass is 389 g/mol. The Labute approximate surface area is 162 Å². The van der Waals surface area contributed by atoms with Crippen LogP contribution < -0.4 is 20.3 Å². The number of fused-ring (bicyclic) bond motifs is 1. The van der Waals surface area contributed by atoms with E-state index in [9.17, 15) is 9.90 Å². The molecule has 27 heavy (non-hydrogen) atoms. The molecule has 1 aromatic carbocycles. The van der Waals surface area contributed by atoms with Gasteiger partial charge in [-0.05, 0) is 24.3 Å². The molecule has 1 aromatic heterocycles. The van der Waals surface area contributed by atoms with E-state index in [1.807, 2.05) is 31.6 Å². The number of nitrogens with zero attached hydrogens (tertiary/aromatic N) is 3.